The fourth-order valence-corrected chi connectivity index (χ4v) is 12.2. The average Bonchev–Trinajstić information content (AvgIpc) is 3.49. The number of esters is 1. The molecule has 1 amide bonds. The number of nitrogens with one attached hydrogen (secondary N) is 1. The molecule has 0 fully saturated rings. The van der Waals surface area contributed by atoms with Crippen molar-refractivity contribution < 1.29 is 24.5 Å². The standard InChI is InChI=1S/C77H149NO5/c1-3-5-7-9-11-13-15-17-19-21-22-32-35-38-41-45-49-53-57-61-65-69-75(80)74(73-79)78-76(81)70-66-62-58-54-50-46-42-39-36-33-30-28-26-24-23-25-27-29-31-34-37-40-44-48-52-56-60-64-68-72-83-77(82)71-67-63-59-55-51-47-43-20-18-16-14-12-10-8-6-4-2/h23,25,29,31,74-75,79-80H,3-22,24,26-28,30,32-73H2,1-2H3,(H,78,81)/b25-23-,31-29-. The van der Waals surface area contributed by atoms with E-state index >= 15 is 0 Å². The summed E-state index contributed by atoms with van der Waals surface area (Å²) in [5.41, 5.74) is 0. The van der Waals surface area contributed by atoms with E-state index in [1.54, 1.807) is 0 Å². The van der Waals surface area contributed by atoms with Gasteiger partial charge in [0.05, 0.1) is 25.4 Å². The molecule has 0 saturated heterocycles. The van der Waals surface area contributed by atoms with Gasteiger partial charge in [0.1, 0.15) is 0 Å². The van der Waals surface area contributed by atoms with Gasteiger partial charge in [-0.1, -0.05) is 385 Å². The van der Waals surface area contributed by atoms with Crippen LogP contribution in [-0.2, 0) is 14.3 Å². The molecule has 0 bridgehead atoms. The highest BCUT2D eigenvalue weighted by Gasteiger charge is 2.20. The highest BCUT2D eigenvalue weighted by molar-refractivity contribution is 5.76. The third-order valence-corrected chi connectivity index (χ3v) is 18.0. The Bertz CT molecular complexity index is 1300. The van der Waals surface area contributed by atoms with Gasteiger partial charge in [-0.25, -0.2) is 0 Å². The molecule has 2 atom stereocenters. The lowest BCUT2D eigenvalue weighted by atomic mass is 10.0. The number of amides is 1. The number of ether oxygens (including phenoxy) is 1. The van der Waals surface area contributed by atoms with Crippen molar-refractivity contribution >= 4 is 11.9 Å². The van der Waals surface area contributed by atoms with Crippen LogP contribution in [0.15, 0.2) is 24.3 Å². The van der Waals surface area contributed by atoms with Crippen LogP contribution in [-0.4, -0.2) is 47.4 Å². The van der Waals surface area contributed by atoms with E-state index in [2.05, 4.69) is 43.5 Å². The number of unbranched alkanes of at least 4 members (excludes halogenated alkanes) is 57. The minimum atomic E-state index is -0.666. The van der Waals surface area contributed by atoms with Crippen LogP contribution in [0, 0.1) is 0 Å². The summed E-state index contributed by atoms with van der Waals surface area (Å²) in [5.74, 6) is -0.0146. The maximum Gasteiger partial charge on any atom is 0.305 e. The molecule has 0 rings (SSSR count). The summed E-state index contributed by atoms with van der Waals surface area (Å²) in [6.07, 6.45) is 92.5. The second kappa shape index (κ2) is 72.8. The van der Waals surface area contributed by atoms with Gasteiger partial charge in [-0.3, -0.25) is 9.59 Å². The Morgan fingerprint density at radius 3 is 0.916 bits per heavy atom. The smallest absolute Gasteiger partial charge is 0.305 e. The SMILES string of the molecule is CCCCCCCCCCCCCCCCCCCCCCCC(O)C(CO)NC(=O)CCCCCCCCCCCCCCC/C=C\C/C=C\CCCCCCCCCCCOC(=O)CCCCCCCCCCCCCCCCCC. The second-order valence-electron chi connectivity index (χ2n) is 26.3. The van der Waals surface area contributed by atoms with Crippen LogP contribution < -0.4 is 5.32 Å². The molecule has 0 saturated carbocycles. The van der Waals surface area contributed by atoms with E-state index in [4.69, 9.17) is 4.74 Å². The highest BCUT2D eigenvalue weighted by atomic mass is 16.5. The summed E-state index contributed by atoms with van der Waals surface area (Å²) in [5, 5.41) is 23.4. The average molecular weight is 1170 g/mol. The number of rotatable bonds is 72. The summed E-state index contributed by atoms with van der Waals surface area (Å²) in [7, 11) is 0. The third kappa shape index (κ3) is 69.3. The van der Waals surface area contributed by atoms with Crippen molar-refractivity contribution in [3.05, 3.63) is 24.3 Å². The minimum Gasteiger partial charge on any atom is -0.466 e. The summed E-state index contributed by atoms with van der Waals surface area (Å²) < 4.78 is 5.50. The Kier molecular flexibility index (Phi) is 71.4. The fourth-order valence-electron chi connectivity index (χ4n) is 12.2. The number of aliphatic hydroxyl groups is 2. The van der Waals surface area contributed by atoms with Gasteiger partial charge in [-0.2, -0.15) is 0 Å². The van der Waals surface area contributed by atoms with Crippen molar-refractivity contribution in [2.24, 2.45) is 0 Å². The van der Waals surface area contributed by atoms with Crippen LogP contribution in [0.4, 0.5) is 0 Å². The molecule has 83 heavy (non-hydrogen) atoms. The fraction of sp³-hybridized carbons (Fsp3) is 0.922. The molecular weight excluding hydrogens is 1020 g/mol. The first-order valence-corrected chi connectivity index (χ1v) is 38.1. The molecule has 0 aliphatic heterocycles. The Balaban J connectivity index is 3.39. The predicted molar refractivity (Wildman–Crippen MR) is 366 cm³/mol. The zero-order chi connectivity index (χ0) is 59.9. The van der Waals surface area contributed by atoms with Crippen molar-refractivity contribution in [3.63, 3.8) is 0 Å². The molecule has 0 aliphatic rings. The Hall–Kier alpha value is -1.66. The maximum atomic E-state index is 12.6. The molecule has 0 heterocycles. The van der Waals surface area contributed by atoms with E-state index in [1.165, 1.54) is 353 Å². The molecular formula is C77H149NO5. The van der Waals surface area contributed by atoms with Gasteiger partial charge in [0.2, 0.25) is 5.91 Å². The van der Waals surface area contributed by atoms with Gasteiger partial charge in [-0.05, 0) is 57.8 Å². The Morgan fingerprint density at radius 2 is 0.602 bits per heavy atom. The van der Waals surface area contributed by atoms with Gasteiger partial charge in [-0.15, -0.1) is 0 Å². The molecule has 3 N–H and O–H groups in total. The van der Waals surface area contributed by atoms with Crippen molar-refractivity contribution in [3.8, 4) is 0 Å². The van der Waals surface area contributed by atoms with Gasteiger partial charge in [0.25, 0.3) is 0 Å². The number of carbonyl (C=O) groups is 2. The predicted octanol–water partition coefficient (Wildman–Crippen LogP) is 24.9. The molecule has 0 aromatic rings. The summed E-state index contributed by atoms with van der Waals surface area (Å²) in [6.45, 7) is 5.00. The van der Waals surface area contributed by atoms with Crippen LogP contribution in [0.25, 0.3) is 0 Å². The van der Waals surface area contributed by atoms with Gasteiger partial charge < -0.3 is 20.3 Å². The third-order valence-electron chi connectivity index (χ3n) is 18.0. The molecule has 0 aliphatic carbocycles. The first-order valence-electron chi connectivity index (χ1n) is 38.1. The maximum absolute atomic E-state index is 12.6. The number of carbonyl (C=O) groups excluding carboxylic acids is 2. The van der Waals surface area contributed by atoms with Crippen molar-refractivity contribution in [2.45, 2.75) is 443 Å². The largest absolute Gasteiger partial charge is 0.466 e. The molecule has 2 unspecified atom stereocenters. The number of hydrogen-bond donors (Lipinski definition) is 3. The van der Waals surface area contributed by atoms with Crippen LogP contribution in [0.5, 0.6) is 0 Å². The van der Waals surface area contributed by atoms with E-state index in [0.717, 1.165) is 44.9 Å². The monoisotopic (exact) mass is 1170 g/mol. The zero-order valence-corrected chi connectivity index (χ0v) is 56.5. The zero-order valence-electron chi connectivity index (χ0n) is 56.5. The van der Waals surface area contributed by atoms with Crippen LogP contribution in [0.2, 0.25) is 0 Å². The minimum absolute atomic E-state index is 0.0165. The van der Waals surface area contributed by atoms with Crippen LogP contribution in [0.1, 0.15) is 431 Å². The summed E-state index contributed by atoms with van der Waals surface area (Å²) >= 11 is 0. The van der Waals surface area contributed by atoms with Crippen molar-refractivity contribution in [1.82, 2.24) is 5.32 Å². The van der Waals surface area contributed by atoms with Crippen LogP contribution >= 0.6 is 0 Å². The quantitative estimate of drug-likeness (QED) is 0.0320. The molecule has 0 spiro atoms. The van der Waals surface area contributed by atoms with Crippen LogP contribution in [0.3, 0.4) is 0 Å². The molecule has 0 aromatic heterocycles. The lowest BCUT2D eigenvalue weighted by molar-refractivity contribution is -0.143. The summed E-state index contributed by atoms with van der Waals surface area (Å²) in [4.78, 5) is 24.6. The number of hydrogen-bond acceptors (Lipinski definition) is 5. The Morgan fingerprint density at radius 1 is 0.337 bits per heavy atom. The molecule has 0 radical (unpaired) electrons. The normalized spacial score (nSPS) is 12.6. The first-order chi connectivity index (χ1) is 41.0. The molecule has 492 valence electrons. The van der Waals surface area contributed by atoms with E-state index in [9.17, 15) is 19.8 Å². The lowest BCUT2D eigenvalue weighted by Crippen LogP contribution is -2.45. The van der Waals surface area contributed by atoms with E-state index in [-0.39, 0.29) is 18.5 Å². The van der Waals surface area contributed by atoms with Crippen molar-refractivity contribution in [1.29, 1.82) is 0 Å². The van der Waals surface area contributed by atoms with Gasteiger partial charge in [0.15, 0.2) is 0 Å². The van der Waals surface area contributed by atoms with Gasteiger partial charge in [0, 0.05) is 12.8 Å². The topological polar surface area (TPSA) is 95.9 Å². The second-order valence-corrected chi connectivity index (χ2v) is 26.3. The highest BCUT2D eigenvalue weighted by Crippen LogP contribution is 2.20. The molecule has 6 nitrogen and oxygen atoms in total. The Labute approximate surface area is 520 Å². The first kappa shape index (κ1) is 81.3. The lowest BCUT2D eigenvalue weighted by Gasteiger charge is -2.22. The van der Waals surface area contributed by atoms with Gasteiger partial charge >= 0.3 is 5.97 Å². The number of aliphatic hydroxyl groups excluding tert-OH is 2. The summed E-state index contributed by atoms with van der Waals surface area (Å²) in [6, 6.07) is -0.543. The van der Waals surface area contributed by atoms with Crippen molar-refractivity contribution in [2.75, 3.05) is 13.2 Å². The molecule has 6 heteroatoms. The van der Waals surface area contributed by atoms with E-state index < -0.39 is 12.1 Å². The van der Waals surface area contributed by atoms with E-state index in [0.29, 0.717) is 25.9 Å². The number of allylic oxidation sites excluding steroid dienone is 4. The molecule has 0 aromatic carbocycles. The van der Waals surface area contributed by atoms with E-state index in [1.807, 2.05) is 0 Å².